The summed E-state index contributed by atoms with van der Waals surface area (Å²) in [4.78, 5) is 24.7. The van der Waals surface area contributed by atoms with Gasteiger partial charge in [0.2, 0.25) is 5.91 Å². The van der Waals surface area contributed by atoms with Crippen molar-refractivity contribution in [2.45, 2.75) is 43.0 Å². The van der Waals surface area contributed by atoms with E-state index in [0.29, 0.717) is 18.2 Å². The van der Waals surface area contributed by atoms with Gasteiger partial charge in [0.15, 0.2) is 0 Å². The first-order chi connectivity index (χ1) is 9.61. The van der Waals surface area contributed by atoms with E-state index in [4.69, 9.17) is 0 Å². The number of hydrogen-bond acceptors (Lipinski definition) is 3. The number of nitrogens with one attached hydrogen (secondary N) is 2. The molecular formula is C14H23N3O2S. The average Bonchev–Trinajstić information content (AvgIpc) is 2.94. The van der Waals surface area contributed by atoms with Crippen LogP contribution in [0.2, 0.25) is 0 Å². The number of carbonyl (C=O) groups is 2. The van der Waals surface area contributed by atoms with E-state index in [1.54, 1.807) is 18.0 Å². The van der Waals surface area contributed by atoms with Crippen molar-refractivity contribution >= 4 is 23.7 Å². The summed E-state index contributed by atoms with van der Waals surface area (Å²) >= 11 is 1.92. The second-order valence-corrected chi connectivity index (χ2v) is 6.70. The highest BCUT2D eigenvalue weighted by molar-refractivity contribution is 8.00. The zero-order valence-corrected chi connectivity index (χ0v) is 12.7. The number of nitrogens with zero attached hydrogens (tertiary/aromatic N) is 1. The van der Waals surface area contributed by atoms with Gasteiger partial charge in [-0.1, -0.05) is 12.5 Å². The summed E-state index contributed by atoms with van der Waals surface area (Å²) in [6.45, 7) is 4.24. The summed E-state index contributed by atoms with van der Waals surface area (Å²) in [6, 6.07) is 0.524. The first-order valence-corrected chi connectivity index (χ1v) is 8.20. The minimum absolute atomic E-state index is 0.0356. The lowest BCUT2D eigenvalue weighted by molar-refractivity contribution is -0.129. The fourth-order valence-corrected chi connectivity index (χ4v) is 4.29. The Morgan fingerprint density at radius 2 is 2.30 bits per heavy atom. The SMILES string of the molecule is C=CCN(C)C(=O)CCCC[C@@H]1SC[C@@H]2NC(=O)N[C@@H]21. The van der Waals surface area contributed by atoms with Gasteiger partial charge in [-0.05, 0) is 12.8 Å². The maximum Gasteiger partial charge on any atom is 0.315 e. The molecule has 2 fully saturated rings. The molecule has 20 heavy (non-hydrogen) atoms. The van der Waals surface area contributed by atoms with Crippen LogP contribution in [0.4, 0.5) is 4.79 Å². The monoisotopic (exact) mass is 297 g/mol. The van der Waals surface area contributed by atoms with Crippen molar-refractivity contribution in [3.05, 3.63) is 12.7 Å². The standard InChI is InChI=1S/C14H23N3O2S/c1-3-8-17(2)12(18)7-5-4-6-11-13-10(9-20-11)15-14(19)16-13/h3,10-11,13H,1,4-9H2,2H3,(H2,15,16,19)/t10-,11-,13-/m0/s1. The van der Waals surface area contributed by atoms with E-state index >= 15 is 0 Å². The molecule has 0 aromatic heterocycles. The Hall–Kier alpha value is -1.17. The summed E-state index contributed by atoms with van der Waals surface area (Å²) in [5.74, 6) is 1.17. The molecule has 112 valence electrons. The van der Waals surface area contributed by atoms with Crippen molar-refractivity contribution in [3.63, 3.8) is 0 Å². The van der Waals surface area contributed by atoms with Crippen LogP contribution < -0.4 is 10.6 Å². The average molecular weight is 297 g/mol. The number of unbranched alkanes of at least 4 members (excludes halogenated alkanes) is 1. The molecule has 3 amide bonds. The maximum atomic E-state index is 11.8. The quantitative estimate of drug-likeness (QED) is 0.424. The number of rotatable bonds is 7. The van der Waals surface area contributed by atoms with Gasteiger partial charge < -0.3 is 15.5 Å². The van der Waals surface area contributed by atoms with Crippen LogP contribution in [0.1, 0.15) is 25.7 Å². The molecule has 0 unspecified atom stereocenters. The fourth-order valence-electron chi connectivity index (χ4n) is 2.75. The van der Waals surface area contributed by atoms with Crippen LogP contribution in [0.5, 0.6) is 0 Å². The Balaban J connectivity index is 1.63. The third-order valence-electron chi connectivity index (χ3n) is 3.90. The van der Waals surface area contributed by atoms with Gasteiger partial charge in [-0.25, -0.2) is 4.79 Å². The minimum Gasteiger partial charge on any atom is -0.342 e. The number of urea groups is 1. The summed E-state index contributed by atoms with van der Waals surface area (Å²) in [5.41, 5.74) is 0. The summed E-state index contributed by atoms with van der Waals surface area (Å²) in [5, 5.41) is 6.42. The van der Waals surface area contributed by atoms with Gasteiger partial charge >= 0.3 is 6.03 Å². The summed E-state index contributed by atoms with van der Waals surface area (Å²) in [7, 11) is 1.81. The Morgan fingerprint density at radius 1 is 1.50 bits per heavy atom. The van der Waals surface area contributed by atoms with Crippen molar-refractivity contribution in [1.29, 1.82) is 0 Å². The first kappa shape index (κ1) is 15.2. The van der Waals surface area contributed by atoms with Gasteiger partial charge in [-0.3, -0.25) is 4.79 Å². The zero-order chi connectivity index (χ0) is 14.5. The van der Waals surface area contributed by atoms with Crippen LogP contribution in [0.25, 0.3) is 0 Å². The Labute approximate surface area is 124 Å². The molecule has 0 aromatic rings. The molecule has 2 aliphatic heterocycles. The number of carbonyl (C=O) groups excluding carboxylic acids is 2. The third kappa shape index (κ3) is 3.69. The molecule has 5 nitrogen and oxygen atoms in total. The van der Waals surface area contributed by atoms with Crippen molar-refractivity contribution in [2.24, 2.45) is 0 Å². The molecule has 0 bridgehead atoms. The van der Waals surface area contributed by atoms with Gasteiger partial charge in [0.05, 0.1) is 12.1 Å². The van der Waals surface area contributed by atoms with Crippen LogP contribution in [0.15, 0.2) is 12.7 Å². The highest BCUT2D eigenvalue weighted by Crippen LogP contribution is 2.33. The van der Waals surface area contributed by atoms with Crippen molar-refractivity contribution < 1.29 is 9.59 Å². The molecule has 0 aromatic carbocycles. The molecule has 0 spiro atoms. The van der Waals surface area contributed by atoms with Gasteiger partial charge in [0.1, 0.15) is 0 Å². The zero-order valence-electron chi connectivity index (χ0n) is 11.9. The fraction of sp³-hybridized carbons (Fsp3) is 0.714. The van der Waals surface area contributed by atoms with Gasteiger partial charge in [-0.2, -0.15) is 11.8 Å². The predicted octanol–water partition coefficient (Wildman–Crippen LogP) is 1.36. The largest absolute Gasteiger partial charge is 0.342 e. The van der Waals surface area contributed by atoms with E-state index in [0.717, 1.165) is 25.0 Å². The Bertz CT molecular complexity index is 389. The molecule has 3 atom stereocenters. The number of thioether (sulfide) groups is 1. The third-order valence-corrected chi connectivity index (χ3v) is 5.40. The molecular weight excluding hydrogens is 274 g/mol. The number of amides is 3. The summed E-state index contributed by atoms with van der Waals surface area (Å²) < 4.78 is 0. The Morgan fingerprint density at radius 3 is 3.05 bits per heavy atom. The molecule has 2 saturated heterocycles. The van der Waals surface area contributed by atoms with E-state index in [1.807, 2.05) is 11.8 Å². The number of likely N-dealkylation sites (N-methyl/N-ethyl adjacent to an activating group) is 1. The van der Waals surface area contributed by atoms with E-state index in [1.165, 1.54) is 0 Å². The second-order valence-electron chi connectivity index (χ2n) is 5.43. The van der Waals surface area contributed by atoms with E-state index in [-0.39, 0.29) is 24.0 Å². The van der Waals surface area contributed by atoms with E-state index < -0.39 is 0 Å². The first-order valence-electron chi connectivity index (χ1n) is 7.15. The molecule has 2 aliphatic rings. The van der Waals surface area contributed by atoms with Crippen molar-refractivity contribution in [3.8, 4) is 0 Å². The minimum atomic E-state index is -0.0356. The smallest absolute Gasteiger partial charge is 0.315 e. The number of hydrogen-bond donors (Lipinski definition) is 2. The van der Waals surface area contributed by atoms with Crippen LogP contribution in [-0.4, -0.2) is 53.5 Å². The number of fused-ring (bicyclic) bond motifs is 1. The molecule has 2 N–H and O–H groups in total. The van der Waals surface area contributed by atoms with Gasteiger partial charge in [0.25, 0.3) is 0 Å². The lowest BCUT2D eigenvalue weighted by atomic mass is 10.0. The highest BCUT2D eigenvalue weighted by Gasteiger charge is 2.42. The van der Waals surface area contributed by atoms with Crippen LogP contribution in [-0.2, 0) is 4.79 Å². The van der Waals surface area contributed by atoms with Gasteiger partial charge in [-0.15, -0.1) is 6.58 Å². The predicted molar refractivity (Wildman–Crippen MR) is 81.8 cm³/mol. The normalized spacial score (nSPS) is 27.6. The van der Waals surface area contributed by atoms with Gasteiger partial charge in [0, 0.05) is 31.0 Å². The van der Waals surface area contributed by atoms with E-state index in [9.17, 15) is 9.59 Å². The van der Waals surface area contributed by atoms with Crippen molar-refractivity contribution in [1.82, 2.24) is 15.5 Å². The molecule has 6 heteroatoms. The topological polar surface area (TPSA) is 61.4 Å². The highest BCUT2D eigenvalue weighted by atomic mass is 32.2. The Kier molecular flexibility index (Phi) is 5.34. The van der Waals surface area contributed by atoms with Crippen molar-refractivity contribution in [2.75, 3.05) is 19.3 Å². The maximum absolute atomic E-state index is 11.8. The molecule has 2 heterocycles. The lowest BCUT2D eigenvalue weighted by Gasteiger charge is -2.17. The van der Waals surface area contributed by atoms with Crippen LogP contribution >= 0.6 is 11.8 Å². The van der Waals surface area contributed by atoms with Crippen LogP contribution in [0.3, 0.4) is 0 Å². The van der Waals surface area contributed by atoms with Crippen LogP contribution in [0, 0.1) is 0 Å². The lowest BCUT2D eigenvalue weighted by Crippen LogP contribution is -2.36. The van der Waals surface area contributed by atoms with E-state index in [2.05, 4.69) is 17.2 Å². The molecule has 2 rings (SSSR count). The summed E-state index contributed by atoms with van der Waals surface area (Å²) in [6.07, 6.45) is 5.34. The molecule has 0 aliphatic carbocycles. The molecule has 0 radical (unpaired) electrons. The molecule has 0 saturated carbocycles. The second kappa shape index (κ2) is 7.02.